The molecule has 17 heavy (non-hydrogen) atoms. The lowest BCUT2D eigenvalue weighted by Crippen LogP contribution is -2.29. The lowest BCUT2D eigenvalue weighted by atomic mass is 9.92. The zero-order chi connectivity index (χ0) is 12.3. The van der Waals surface area contributed by atoms with Gasteiger partial charge in [-0.25, -0.2) is 0 Å². The van der Waals surface area contributed by atoms with Crippen LogP contribution in [0.2, 0.25) is 5.02 Å². The summed E-state index contributed by atoms with van der Waals surface area (Å²) in [5.74, 6) is 0.557. The first kappa shape index (κ1) is 13.6. The van der Waals surface area contributed by atoms with Crippen LogP contribution in [0.4, 0.5) is 0 Å². The van der Waals surface area contributed by atoms with Crippen LogP contribution in [0.1, 0.15) is 24.9 Å². The Morgan fingerprint density at radius 3 is 3.06 bits per heavy atom. The van der Waals surface area contributed by atoms with Crippen LogP contribution in [0.25, 0.3) is 0 Å². The molecule has 4 heteroatoms. The van der Waals surface area contributed by atoms with Crippen molar-refractivity contribution < 1.29 is 4.74 Å². The van der Waals surface area contributed by atoms with Gasteiger partial charge in [0.2, 0.25) is 0 Å². The molecule has 94 valence electrons. The van der Waals surface area contributed by atoms with Gasteiger partial charge >= 0.3 is 0 Å². The smallest absolute Gasteiger partial charge is 0.0513 e. The molecule has 1 fully saturated rings. The van der Waals surface area contributed by atoms with Gasteiger partial charge in [0.15, 0.2) is 0 Å². The van der Waals surface area contributed by atoms with Crippen molar-refractivity contribution in [1.82, 2.24) is 5.32 Å². The number of hydrogen-bond acceptors (Lipinski definition) is 2. The molecular formula is C13H17ClINO. The van der Waals surface area contributed by atoms with E-state index in [2.05, 4.69) is 47.0 Å². The minimum atomic E-state index is 0.355. The molecule has 1 N–H and O–H groups in total. The SMILES string of the molecule is CCNC(c1cc(Cl)ccc1I)C1CCOC1. The van der Waals surface area contributed by atoms with Gasteiger partial charge < -0.3 is 10.1 Å². The molecule has 0 amide bonds. The fourth-order valence-corrected chi connectivity index (χ4v) is 3.17. The molecule has 1 aliphatic heterocycles. The van der Waals surface area contributed by atoms with Crippen LogP contribution in [0.15, 0.2) is 18.2 Å². The minimum Gasteiger partial charge on any atom is -0.381 e. The first-order valence-corrected chi connectivity index (χ1v) is 7.44. The fourth-order valence-electron chi connectivity index (χ4n) is 2.32. The summed E-state index contributed by atoms with van der Waals surface area (Å²) in [7, 11) is 0. The average Bonchev–Trinajstić information content (AvgIpc) is 2.83. The topological polar surface area (TPSA) is 21.3 Å². The van der Waals surface area contributed by atoms with Gasteiger partial charge in [0.1, 0.15) is 0 Å². The van der Waals surface area contributed by atoms with Gasteiger partial charge in [-0.3, -0.25) is 0 Å². The van der Waals surface area contributed by atoms with Crippen LogP contribution in [-0.2, 0) is 4.74 Å². The van der Waals surface area contributed by atoms with Crippen LogP contribution < -0.4 is 5.32 Å². The summed E-state index contributed by atoms with van der Waals surface area (Å²) in [5.41, 5.74) is 1.30. The summed E-state index contributed by atoms with van der Waals surface area (Å²) < 4.78 is 6.77. The molecule has 2 atom stereocenters. The van der Waals surface area contributed by atoms with Crippen molar-refractivity contribution in [2.45, 2.75) is 19.4 Å². The summed E-state index contributed by atoms with van der Waals surface area (Å²) in [6, 6.07) is 6.46. The third-order valence-electron chi connectivity index (χ3n) is 3.15. The van der Waals surface area contributed by atoms with E-state index in [0.717, 1.165) is 31.2 Å². The lowest BCUT2D eigenvalue weighted by Gasteiger charge is -2.25. The zero-order valence-corrected chi connectivity index (χ0v) is 12.8. The summed E-state index contributed by atoms with van der Waals surface area (Å²) in [6.45, 7) is 4.83. The number of rotatable bonds is 4. The summed E-state index contributed by atoms with van der Waals surface area (Å²) in [4.78, 5) is 0. The molecule has 0 saturated carbocycles. The van der Waals surface area contributed by atoms with E-state index in [-0.39, 0.29) is 0 Å². The van der Waals surface area contributed by atoms with Crippen molar-refractivity contribution in [1.29, 1.82) is 0 Å². The quantitative estimate of drug-likeness (QED) is 0.823. The summed E-state index contributed by atoms with van der Waals surface area (Å²) in [6.07, 6.45) is 1.13. The number of benzene rings is 1. The van der Waals surface area contributed by atoms with E-state index in [1.54, 1.807) is 0 Å². The Morgan fingerprint density at radius 1 is 1.59 bits per heavy atom. The zero-order valence-electron chi connectivity index (χ0n) is 9.88. The summed E-state index contributed by atoms with van der Waals surface area (Å²) in [5, 5.41) is 4.37. The highest BCUT2D eigenvalue weighted by molar-refractivity contribution is 14.1. The maximum atomic E-state index is 6.11. The Balaban J connectivity index is 2.27. The molecule has 1 aromatic rings. The van der Waals surface area contributed by atoms with E-state index >= 15 is 0 Å². The molecule has 0 aliphatic carbocycles. The van der Waals surface area contributed by atoms with Crippen molar-refractivity contribution in [2.75, 3.05) is 19.8 Å². The van der Waals surface area contributed by atoms with Crippen LogP contribution >= 0.6 is 34.2 Å². The number of nitrogens with one attached hydrogen (secondary N) is 1. The molecule has 1 aliphatic rings. The Kier molecular flexibility index (Phi) is 5.09. The van der Waals surface area contributed by atoms with E-state index < -0.39 is 0 Å². The molecule has 0 spiro atoms. The van der Waals surface area contributed by atoms with E-state index in [4.69, 9.17) is 16.3 Å². The second-order valence-electron chi connectivity index (χ2n) is 4.32. The molecule has 1 heterocycles. The Bertz CT molecular complexity index is 380. The van der Waals surface area contributed by atoms with Crippen molar-refractivity contribution in [3.63, 3.8) is 0 Å². The largest absolute Gasteiger partial charge is 0.381 e. The highest BCUT2D eigenvalue weighted by Gasteiger charge is 2.27. The highest BCUT2D eigenvalue weighted by Crippen LogP contribution is 2.32. The monoisotopic (exact) mass is 365 g/mol. The lowest BCUT2D eigenvalue weighted by molar-refractivity contribution is 0.177. The second-order valence-corrected chi connectivity index (χ2v) is 5.92. The van der Waals surface area contributed by atoms with Gasteiger partial charge in [-0.15, -0.1) is 0 Å². The van der Waals surface area contributed by atoms with E-state index in [1.807, 2.05) is 6.07 Å². The van der Waals surface area contributed by atoms with Crippen LogP contribution in [-0.4, -0.2) is 19.8 Å². The summed E-state index contributed by atoms with van der Waals surface area (Å²) >= 11 is 8.48. The van der Waals surface area contributed by atoms with Crippen molar-refractivity contribution in [2.24, 2.45) is 5.92 Å². The Morgan fingerprint density at radius 2 is 2.41 bits per heavy atom. The molecule has 0 bridgehead atoms. The fraction of sp³-hybridized carbons (Fsp3) is 0.538. The molecule has 1 aromatic carbocycles. The molecule has 0 radical (unpaired) electrons. The first-order chi connectivity index (χ1) is 8.22. The van der Waals surface area contributed by atoms with Crippen LogP contribution in [0.3, 0.4) is 0 Å². The van der Waals surface area contributed by atoms with Gasteiger partial charge in [-0.05, 0) is 59.3 Å². The molecule has 2 rings (SSSR count). The highest BCUT2D eigenvalue weighted by atomic mass is 127. The van der Waals surface area contributed by atoms with Crippen molar-refractivity contribution in [3.8, 4) is 0 Å². The van der Waals surface area contributed by atoms with Gasteiger partial charge in [0.05, 0.1) is 6.61 Å². The van der Waals surface area contributed by atoms with Crippen molar-refractivity contribution in [3.05, 3.63) is 32.4 Å². The Hall–Kier alpha value is 0.160. The molecule has 2 nitrogen and oxygen atoms in total. The predicted molar refractivity (Wildman–Crippen MR) is 79.5 cm³/mol. The maximum Gasteiger partial charge on any atom is 0.0513 e. The van der Waals surface area contributed by atoms with E-state index in [0.29, 0.717) is 12.0 Å². The Labute approximate surface area is 121 Å². The first-order valence-electron chi connectivity index (χ1n) is 5.98. The normalized spacial score (nSPS) is 21.7. The predicted octanol–water partition coefficient (Wildman–Crippen LogP) is 3.63. The number of halogens is 2. The third-order valence-corrected chi connectivity index (χ3v) is 4.37. The second kappa shape index (κ2) is 6.36. The van der Waals surface area contributed by atoms with E-state index in [1.165, 1.54) is 9.13 Å². The maximum absolute atomic E-state index is 6.11. The third kappa shape index (κ3) is 3.34. The van der Waals surface area contributed by atoms with Crippen LogP contribution in [0.5, 0.6) is 0 Å². The van der Waals surface area contributed by atoms with Crippen molar-refractivity contribution >= 4 is 34.2 Å². The molecule has 1 saturated heterocycles. The standard InChI is InChI=1S/C13H17ClINO/c1-2-16-13(9-5-6-17-8-9)11-7-10(14)3-4-12(11)15/h3-4,7,9,13,16H,2,5-6,8H2,1H3. The molecule has 2 unspecified atom stereocenters. The van der Waals surface area contributed by atoms with Gasteiger partial charge in [0.25, 0.3) is 0 Å². The molecule has 0 aromatic heterocycles. The van der Waals surface area contributed by atoms with E-state index in [9.17, 15) is 0 Å². The average molecular weight is 366 g/mol. The number of ether oxygens (including phenoxy) is 1. The molecular weight excluding hydrogens is 349 g/mol. The van der Waals surface area contributed by atoms with Gasteiger partial charge in [-0.1, -0.05) is 18.5 Å². The number of hydrogen-bond donors (Lipinski definition) is 1. The van der Waals surface area contributed by atoms with Gasteiger partial charge in [-0.2, -0.15) is 0 Å². The van der Waals surface area contributed by atoms with Crippen LogP contribution in [0, 0.1) is 9.49 Å². The van der Waals surface area contributed by atoms with Gasteiger partial charge in [0, 0.05) is 27.2 Å². The minimum absolute atomic E-state index is 0.355.